The highest BCUT2D eigenvalue weighted by Gasteiger charge is 2.03. The van der Waals surface area contributed by atoms with E-state index in [9.17, 15) is 9.59 Å². The van der Waals surface area contributed by atoms with Crippen LogP contribution in [0.1, 0.15) is 12.8 Å². The normalized spacial score (nSPS) is 9.17. The fourth-order valence-corrected chi connectivity index (χ4v) is 0.748. The minimum Gasteiger partial charge on any atom is -0.359 e. The zero-order chi connectivity index (χ0) is 9.40. The maximum Gasteiger partial charge on any atom is 0.220 e. The fraction of sp³-hybridized carbons (Fsp3) is 0.714. The Morgan fingerprint density at radius 1 is 1.25 bits per heavy atom. The first-order chi connectivity index (χ1) is 5.70. The standard InChI is InChI=1S/C7H14N2O2S/c1-8-6(10)2-3-7(11)9-4-5-12/h12H,2-5H2,1H3,(H,8,10)(H,9,11). The van der Waals surface area contributed by atoms with Crippen molar-refractivity contribution in [3.05, 3.63) is 0 Å². The van der Waals surface area contributed by atoms with Crippen molar-refractivity contribution in [2.45, 2.75) is 12.8 Å². The second kappa shape index (κ2) is 6.97. The van der Waals surface area contributed by atoms with Gasteiger partial charge in [0.1, 0.15) is 0 Å². The largest absolute Gasteiger partial charge is 0.359 e. The van der Waals surface area contributed by atoms with Gasteiger partial charge in [-0.25, -0.2) is 0 Å². The Hall–Kier alpha value is -0.710. The number of thiol groups is 1. The van der Waals surface area contributed by atoms with Gasteiger partial charge in [-0.3, -0.25) is 9.59 Å². The summed E-state index contributed by atoms with van der Waals surface area (Å²) in [5.41, 5.74) is 0. The third-order valence-electron chi connectivity index (χ3n) is 1.29. The third-order valence-corrected chi connectivity index (χ3v) is 1.52. The van der Waals surface area contributed by atoms with Crippen LogP contribution in [-0.4, -0.2) is 31.2 Å². The van der Waals surface area contributed by atoms with E-state index in [0.717, 1.165) is 0 Å². The lowest BCUT2D eigenvalue weighted by molar-refractivity contribution is -0.126. The number of carbonyl (C=O) groups is 2. The molecular weight excluding hydrogens is 176 g/mol. The van der Waals surface area contributed by atoms with Crippen LogP contribution in [0, 0.1) is 0 Å². The summed E-state index contributed by atoms with van der Waals surface area (Å²) in [5.74, 6) is 0.398. The van der Waals surface area contributed by atoms with Crippen LogP contribution in [0.4, 0.5) is 0 Å². The number of hydrogen-bond donors (Lipinski definition) is 3. The van der Waals surface area contributed by atoms with Gasteiger partial charge < -0.3 is 10.6 Å². The topological polar surface area (TPSA) is 58.2 Å². The number of amides is 2. The number of nitrogens with one attached hydrogen (secondary N) is 2. The van der Waals surface area contributed by atoms with Crippen molar-refractivity contribution in [1.82, 2.24) is 10.6 Å². The smallest absolute Gasteiger partial charge is 0.220 e. The minimum atomic E-state index is -0.115. The van der Waals surface area contributed by atoms with Gasteiger partial charge in [-0.05, 0) is 0 Å². The van der Waals surface area contributed by atoms with E-state index in [1.54, 1.807) is 7.05 Å². The lowest BCUT2D eigenvalue weighted by Gasteiger charge is -2.01. The molecule has 0 heterocycles. The molecule has 0 atom stereocenters. The Morgan fingerprint density at radius 3 is 2.33 bits per heavy atom. The van der Waals surface area contributed by atoms with Crippen molar-refractivity contribution >= 4 is 24.4 Å². The molecule has 70 valence electrons. The summed E-state index contributed by atoms with van der Waals surface area (Å²) in [6, 6.07) is 0. The molecule has 0 aliphatic carbocycles. The van der Waals surface area contributed by atoms with Crippen molar-refractivity contribution < 1.29 is 9.59 Å². The van der Waals surface area contributed by atoms with Crippen molar-refractivity contribution in [2.75, 3.05) is 19.3 Å². The molecule has 0 unspecified atom stereocenters. The lowest BCUT2D eigenvalue weighted by Crippen LogP contribution is -2.27. The van der Waals surface area contributed by atoms with Gasteiger partial charge in [0.15, 0.2) is 0 Å². The first-order valence-electron chi connectivity index (χ1n) is 3.79. The summed E-state index contributed by atoms with van der Waals surface area (Å²) < 4.78 is 0. The van der Waals surface area contributed by atoms with Gasteiger partial charge in [-0.15, -0.1) is 0 Å². The first kappa shape index (κ1) is 11.3. The molecule has 0 saturated heterocycles. The first-order valence-corrected chi connectivity index (χ1v) is 4.42. The predicted octanol–water partition coefficient (Wildman–Crippen LogP) is -0.441. The zero-order valence-electron chi connectivity index (χ0n) is 7.09. The van der Waals surface area contributed by atoms with Crippen LogP contribution in [0.25, 0.3) is 0 Å². The molecule has 12 heavy (non-hydrogen) atoms. The lowest BCUT2D eigenvalue weighted by atomic mass is 10.3. The second-order valence-electron chi connectivity index (χ2n) is 2.25. The van der Waals surface area contributed by atoms with Crippen LogP contribution in [0.15, 0.2) is 0 Å². The van der Waals surface area contributed by atoms with Gasteiger partial charge in [-0.1, -0.05) is 0 Å². The Labute approximate surface area is 77.5 Å². The summed E-state index contributed by atoms with van der Waals surface area (Å²) in [5, 5.41) is 5.06. The molecule has 0 aromatic carbocycles. The quantitative estimate of drug-likeness (QED) is 0.515. The average molecular weight is 190 g/mol. The van der Waals surface area contributed by atoms with Crippen molar-refractivity contribution in [3.8, 4) is 0 Å². The molecule has 2 N–H and O–H groups in total. The van der Waals surface area contributed by atoms with Gasteiger partial charge in [0.2, 0.25) is 11.8 Å². The van der Waals surface area contributed by atoms with Gasteiger partial charge in [0, 0.05) is 32.2 Å². The molecule has 0 aliphatic heterocycles. The molecule has 0 rings (SSSR count). The van der Waals surface area contributed by atoms with E-state index in [1.165, 1.54) is 0 Å². The summed E-state index contributed by atoms with van der Waals surface area (Å²) in [4.78, 5) is 21.6. The summed E-state index contributed by atoms with van der Waals surface area (Å²) in [7, 11) is 1.55. The van der Waals surface area contributed by atoms with E-state index in [1.807, 2.05) is 0 Å². The molecule has 5 heteroatoms. The molecule has 0 aromatic heterocycles. The Bertz CT molecular complexity index is 161. The van der Waals surface area contributed by atoms with E-state index in [0.29, 0.717) is 12.3 Å². The molecule has 0 saturated carbocycles. The monoisotopic (exact) mass is 190 g/mol. The number of hydrogen-bond acceptors (Lipinski definition) is 3. The molecule has 0 spiro atoms. The molecule has 0 bridgehead atoms. The van der Waals surface area contributed by atoms with Crippen LogP contribution in [0.3, 0.4) is 0 Å². The highest BCUT2D eigenvalue weighted by molar-refractivity contribution is 7.80. The van der Waals surface area contributed by atoms with Crippen molar-refractivity contribution in [1.29, 1.82) is 0 Å². The van der Waals surface area contributed by atoms with E-state index in [2.05, 4.69) is 23.3 Å². The maximum atomic E-state index is 10.9. The summed E-state index contributed by atoms with van der Waals surface area (Å²) in [6.45, 7) is 0.551. The predicted molar refractivity (Wildman–Crippen MR) is 50.2 cm³/mol. The van der Waals surface area contributed by atoms with Crippen LogP contribution < -0.4 is 10.6 Å². The average Bonchev–Trinajstić information content (AvgIpc) is 2.10. The van der Waals surface area contributed by atoms with E-state index in [4.69, 9.17) is 0 Å². The molecule has 0 aliphatic rings. The Kier molecular flexibility index (Phi) is 6.55. The number of rotatable bonds is 5. The zero-order valence-corrected chi connectivity index (χ0v) is 7.99. The van der Waals surface area contributed by atoms with Gasteiger partial charge in [0.05, 0.1) is 0 Å². The Morgan fingerprint density at radius 2 is 1.83 bits per heavy atom. The Balaban J connectivity index is 3.37. The molecular formula is C7H14N2O2S. The van der Waals surface area contributed by atoms with Gasteiger partial charge >= 0.3 is 0 Å². The highest BCUT2D eigenvalue weighted by atomic mass is 32.1. The van der Waals surface area contributed by atoms with E-state index >= 15 is 0 Å². The van der Waals surface area contributed by atoms with Gasteiger partial charge in [0.25, 0.3) is 0 Å². The SMILES string of the molecule is CNC(=O)CCC(=O)NCCS. The third kappa shape index (κ3) is 6.03. The van der Waals surface area contributed by atoms with E-state index < -0.39 is 0 Å². The van der Waals surface area contributed by atoms with E-state index in [-0.39, 0.29) is 24.7 Å². The minimum absolute atomic E-state index is 0.104. The molecule has 4 nitrogen and oxygen atoms in total. The van der Waals surface area contributed by atoms with Crippen LogP contribution in [0.2, 0.25) is 0 Å². The van der Waals surface area contributed by atoms with Crippen LogP contribution in [-0.2, 0) is 9.59 Å². The van der Waals surface area contributed by atoms with Crippen LogP contribution in [0.5, 0.6) is 0 Å². The molecule has 2 amide bonds. The van der Waals surface area contributed by atoms with Crippen molar-refractivity contribution in [2.24, 2.45) is 0 Å². The van der Waals surface area contributed by atoms with Crippen LogP contribution >= 0.6 is 12.6 Å². The summed E-state index contributed by atoms with van der Waals surface area (Å²) >= 11 is 3.93. The summed E-state index contributed by atoms with van der Waals surface area (Å²) in [6.07, 6.45) is 0.488. The fourth-order valence-electron chi connectivity index (χ4n) is 0.636. The van der Waals surface area contributed by atoms with Crippen molar-refractivity contribution in [3.63, 3.8) is 0 Å². The molecule has 0 fully saturated rings. The van der Waals surface area contributed by atoms with Gasteiger partial charge in [-0.2, -0.15) is 12.6 Å². The molecule has 0 aromatic rings. The maximum absolute atomic E-state index is 10.9. The number of carbonyl (C=O) groups excluding carboxylic acids is 2. The molecule has 0 radical (unpaired) electrons. The highest BCUT2D eigenvalue weighted by Crippen LogP contribution is 1.87. The second-order valence-corrected chi connectivity index (χ2v) is 2.69.